The van der Waals surface area contributed by atoms with Gasteiger partial charge in [-0.15, -0.1) is 0 Å². The fraction of sp³-hybridized carbons (Fsp3) is 0.222. The predicted molar refractivity (Wildman–Crippen MR) is 87.1 cm³/mol. The van der Waals surface area contributed by atoms with Crippen molar-refractivity contribution in [3.63, 3.8) is 0 Å². The van der Waals surface area contributed by atoms with Crippen molar-refractivity contribution < 1.29 is 4.79 Å². The zero-order valence-electron chi connectivity index (χ0n) is 12.7. The van der Waals surface area contributed by atoms with Crippen molar-refractivity contribution >= 4 is 22.6 Å². The second-order valence-electron chi connectivity index (χ2n) is 5.92. The number of carbonyl (C=O) groups is 1. The number of hydrogen-bond donors (Lipinski definition) is 0. The maximum atomic E-state index is 13.0. The molecule has 22 heavy (non-hydrogen) atoms. The number of hydrogen-bond acceptors (Lipinski definition) is 2. The highest BCUT2D eigenvalue weighted by Gasteiger charge is 2.31. The molecule has 0 bridgehead atoms. The van der Waals surface area contributed by atoms with Gasteiger partial charge in [-0.05, 0) is 43.2 Å². The van der Waals surface area contributed by atoms with Crippen LogP contribution in [0.25, 0.3) is 11.0 Å². The molecule has 0 radical (unpaired) electrons. The number of imidazole rings is 1. The molecule has 0 saturated carbocycles. The van der Waals surface area contributed by atoms with Gasteiger partial charge >= 0.3 is 0 Å². The van der Waals surface area contributed by atoms with Crippen molar-refractivity contribution in [3.05, 3.63) is 59.9 Å². The Kier molecular flexibility index (Phi) is 2.79. The summed E-state index contributed by atoms with van der Waals surface area (Å²) in [5.41, 5.74) is 4.85. The van der Waals surface area contributed by atoms with E-state index in [0.29, 0.717) is 5.56 Å². The van der Waals surface area contributed by atoms with Crippen LogP contribution in [0.5, 0.6) is 0 Å². The van der Waals surface area contributed by atoms with Crippen LogP contribution in [-0.4, -0.2) is 21.5 Å². The van der Waals surface area contributed by atoms with Crippen LogP contribution in [0.1, 0.15) is 22.8 Å². The number of benzene rings is 2. The first kappa shape index (κ1) is 13.1. The molecule has 1 aliphatic heterocycles. The number of aromatic nitrogens is 2. The summed E-state index contributed by atoms with van der Waals surface area (Å²) in [6, 6.07) is 14.0. The van der Waals surface area contributed by atoms with Crippen LogP contribution >= 0.6 is 0 Å². The molecule has 0 spiro atoms. The van der Waals surface area contributed by atoms with Gasteiger partial charge in [0.15, 0.2) is 0 Å². The number of rotatable bonds is 1. The van der Waals surface area contributed by atoms with Gasteiger partial charge in [0.2, 0.25) is 0 Å². The van der Waals surface area contributed by atoms with Gasteiger partial charge in [0, 0.05) is 24.3 Å². The Morgan fingerprint density at radius 3 is 2.91 bits per heavy atom. The average Bonchev–Trinajstić information content (AvgIpc) is 3.06. The lowest BCUT2D eigenvalue weighted by molar-refractivity contribution is 0.0981. The zero-order chi connectivity index (χ0) is 15.3. The van der Waals surface area contributed by atoms with E-state index < -0.39 is 0 Å². The minimum atomic E-state index is 0.0463. The molecule has 2 aromatic carbocycles. The predicted octanol–water partition coefficient (Wildman–Crippen LogP) is 3.16. The molecule has 0 N–H and O–H groups in total. The summed E-state index contributed by atoms with van der Waals surface area (Å²) in [6.45, 7) is 2.09. The number of nitrogens with zero attached hydrogens (tertiary/aromatic N) is 3. The van der Waals surface area contributed by atoms with Crippen molar-refractivity contribution in [2.24, 2.45) is 7.05 Å². The van der Waals surface area contributed by atoms with Gasteiger partial charge < -0.3 is 9.47 Å². The zero-order valence-corrected chi connectivity index (χ0v) is 12.7. The van der Waals surface area contributed by atoms with Gasteiger partial charge in [-0.25, -0.2) is 4.98 Å². The first-order chi connectivity index (χ1) is 10.6. The fourth-order valence-corrected chi connectivity index (χ4v) is 3.28. The molecule has 1 aliphatic rings. The van der Waals surface area contributed by atoms with Crippen LogP contribution in [0.15, 0.2) is 48.8 Å². The molecule has 0 fully saturated rings. The van der Waals surface area contributed by atoms with E-state index in [0.717, 1.165) is 23.1 Å². The molecule has 0 aliphatic carbocycles. The first-order valence-electron chi connectivity index (χ1n) is 7.47. The topological polar surface area (TPSA) is 38.1 Å². The van der Waals surface area contributed by atoms with Gasteiger partial charge in [0.25, 0.3) is 5.91 Å². The van der Waals surface area contributed by atoms with E-state index in [1.165, 1.54) is 5.56 Å². The van der Waals surface area contributed by atoms with Crippen molar-refractivity contribution in [2.45, 2.75) is 19.4 Å². The van der Waals surface area contributed by atoms with Crippen LogP contribution in [0.3, 0.4) is 0 Å². The molecule has 0 saturated heterocycles. The van der Waals surface area contributed by atoms with Crippen molar-refractivity contribution in [3.8, 4) is 0 Å². The van der Waals surface area contributed by atoms with Crippen LogP contribution in [0, 0.1) is 0 Å². The molecule has 1 aromatic heterocycles. The number of anilines is 1. The second-order valence-corrected chi connectivity index (χ2v) is 5.92. The fourth-order valence-electron chi connectivity index (χ4n) is 3.28. The maximum absolute atomic E-state index is 13.0. The number of fused-ring (bicyclic) bond motifs is 2. The van der Waals surface area contributed by atoms with E-state index in [1.807, 2.05) is 52.9 Å². The average molecular weight is 291 g/mol. The Balaban J connectivity index is 1.77. The SMILES string of the molecule is C[C@@H]1Cc2ccccc2N1C(=O)c1ccc2c(c1)ncn2C. The van der Waals surface area contributed by atoms with E-state index in [9.17, 15) is 4.79 Å². The Morgan fingerprint density at radius 1 is 1.23 bits per heavy atom. The smallest absolute Gasteiger partial charge is 0.258 e. The van der Waals surface area contributed by atoms with Gasteiger partial charge in [-0.3, -0.25) is 4.79 Å². The molecule has 2 heterocycles. The highest BCUT2D eigenvalue weighted by atomic mass is 16.2. The summed E-state index contributed by atoms with van der Waals surface area (Å²) in [7, 11) is 1.95. The third-order valence-corrected chi connectivity index (χ3v) is 4.40. The quantitative estimate of drug-likeness (QED) is 0.690. The van der Waals surface area contributed by atoms with Crippen molar-refractivity contribution in [1.82, 2.24) is 9.55 Å². The molecule has 0 unspecified atom stereocenters. The third kappa shape index (κ3) is 1.84. The number of aryl methyl sites for hydroxylation is 1. The summed E-state index contributed by atoms with van der Waals surface area (Å²) in [5, 5.41) is 0. The van der Waals surface area contributed by atoms with Gasteiger partial charge in [-0.1, -0.05) is 18.2 Å². The highest BCUT2D eigenvalue weighted by molar-refractivity contribution is 6.09. The molecule has 4 nitrogen and oxygen atoms in total. The molecule has 1 amide bonds. The molecule has 3 aromatic rings. The normalized spacial score (nSPS) is 17.0. The number of para-hydroxylation sites is 1. The molecular weight excluding hydrogens is 274 g/mol. The Morgan fingerprint density at radius 2 is 2.05 bits per heavy atom. The minimum absolute atomic E-state index is 0.0463. The van der Waals surface area contributed by atoms with Gasteiger partial charge in [0.1, 0.15) is 0 Å². The maximum Gasteiger partial charge on any atom is 0.258 e. The Labute approximate surface area is 129 Å². The monoisotopic (exact) mass is 291 g/mol. The Hall–Kier alpha value is -2.62. The second kappa shape index (κ2) is 4.70. The van der Waals surface area contributed by atoms with E-state index >= 15 is 0 Å². The summed E-state index contributed by atoms with van der Waals surface area (Å²) in [4.78, 5) is 19.2. The van der Waals surface area contributed by atoms with Crippen LogP contribution in [-0.2, 0) is 13.5 Å². The summed E-state index contributed by atoms with van der Waals surface area (Å²) >= 11 is 0. The number of carbonyl (C=O) groups excluding carboxylic acids is 1. The molecular formula is C18H17N3O. The van der Waals surface area contributed by atoms with Gasteiger partial charge in [-0.2, -0.15) is 0 Å². The third-order valence-electron chi connectivity index (χ3n) is 4.40. The van der Waals surface area contributed by atoms with E-state index in [4.69, 9.17) is 0 Å². The summed E-state index contributed by atoms with van der Waals surface area (Å²) in [5.74, 6) is 0.0463. The molecule has 110 valence electrons. The number of amides is 1. The molecule has 4 rings (SSSR count). The standard InChI is InChI=1S/C18H17N3O/c1-12-9-13-5-3-4-6-16(13)21(12)18(22)14-7-8-17-15(10-14)19-11-20(17)2/h3-8,10-12H,9H2,1-2H3/t12-/m1/s1. The van der Waals surface area contributed by atoms with Crippen LogP contribution < -0.4 is 4.90 Å². The first-order valence-corrected chi connectivity index (χ1v) is 7.47. The lowest BCUT2D eigenvalue weighted by atomic mass is 10.1. The lowest BCUT2D eigenvalue weighted by Gasteiger charge is -2.22. The van der Waals surface area contributed by atoms with E-state index in [1.54, 1.807) is 6.33 Å². The highest BCUT2D eigenvalue weighted by Crippen LogP contribution is 2.33. The van der Waals surface area contributed by atoms with Crippen LogP contribution in [0.2, 0.25) is 0 Å². The minimum Gasteiger partial charge on any atom is -0.334 e. The summed E-state index contributed by atoms with van der Waals surface area (Å²) in [6.07, 6.45) is 2.68. The molecule has 4 heteroatoms. The van der Waals surface area contributed by atoms with Crippen LogP contribution in [0.4, 0.5) is 5.69 Å². The van der Waals surface area contributed by atoms with E-state index in [-0.39, 0.29) is 11.9 Å². The largest absolute Gasteiger partial charge is 0.334 e. The summed E-state index contributed by atoms with van der Waals surface area (Å²) < 4.78 is 1.96. The van der Waals surface area contributed by atoms with E-state index in [2.05, 4.69) is 18.0 Å². The van der Waals surface area contributed by atoms with Gasteiger partial charge in [0.05, 0.1) is 17.4 Å². The Bertz CT molecular complexity index is 881. The lowest BCUT2D eigenvalue weighted by Crippen LogP contribution is -2.35. The van der Waals surface area contributed by atoms with Crippen molar-refractivity contribution in [1.29, 1.82) is 0 Å². The van der Waals surface area contributed by atoms with Crippen molar-refractivity contribution in [2.75, 3.05) is 4.90 Å². The molecule has 1 atom stereocenters.